The number of aromatic nitrogens is 1. The normalized spacial score (nSPS) is 19.8. The Labute approximate surface area is 147 Å². The second-order valence-corrected chi connectivity index (χ2v) is 6.61. The van der Waals surface area contributed by atoms with E-state index in [1.165, 1.54) is 6.42 Å². The summed E-state index contributed by atoms with van der Waals surface area (Å²) in [6.07, 6.45) is 5.29. The molecule has 2 aliphatic heterocycles. The Balaban J connectivity index is 1.66. The van der Waals surface area contributed by atoms with Crippen molar-refractivity contribution in [2.45, 2.75) is 31.7 Å². The Hall–Kier alpha value is -2.69. The van der Waals surface area contributed by atoms with E-state index in [4.69, 9.17) is 0 Å². The first-order valence-electron chi connectivity index (χ1n) is 8.87. The van der Waals surface area contributed by atoms with Crippen LogP contribution < -0.4 is 4.90 Å². The summed E-state index contributed by atoms with van der Waals surface area (Å²) in [5.74, 6) is 0.0303. The van der Waals surface area contributed by atoms with Gasteiger partial charge < -0.3 is 4.90 Å². The van der Waals surface area contributed by atoms with Crippen LogP contribution in [0.25, 0.3) is 0 Å². The highest BCUT2D eigenvalue weighted by molar-refractivity contribution is 6.11. The first kappa shape index (κ1) is 15.8. The van der Waals surface area contributed by atoms with Crippen LogP contribution in [-0.2, 0) is 4.79 Å². The third-order valence-electron chi connectivity index (χ3n) is 5.03. The van der Waals surface area contributed by atoms with Crippen LogP contribution in [0.15, 0.2) is 48.7 Å². The topological polar surface area (TPSA) is 53.5 Å². The van der Waals surface area contributed by atoms with Crippen molar-refractivity contribution in [3.8, 4) is 0 Å². The number of nitrogens with zero attached hydrogens (tertiary/aromatic N) is 3. The van der Waals surface area contributed by atoms with Gasteiger partial charge in [0, 0.05) is 25.0 Å². The summed E-state index contributed by atoms with van der Waals surface area (Å²) in [7, 11) is 0. The summed E-state index contributed by atoms with van der Waals surface area (Å²) in [5.41, 5.74) is 2.12. The average molecular weight is 335 g/mol. The van der Waals surface area contributed by atoms with E-state index in [-0.39, 0.29) is 24.3 Å². The minimum Gasteiger partial charge on any atom is -0.343 e. The van der Waals surface area contributed by atoms with Crippen LogP contribution in [0, 0.1) is 0 Å². The Morgan fingerprint density at radius 2 is 1.80 bits per heavy atom. The van der Waals surface area contributed by atoms with Gasteiger partial charge in [-0.1, -0.05) is 18.2 Å². The Morgan fingerprint density at radius 3 is 2.56 bits per heavy atom. The lowest BCUT2D eigenvalue weighted by Crippen LogP contribution is -2.38. The zero-order valence-corrected chi connectivity index (χ0v) is 14.1. The summed E-state index contributed by atoms with van der Waals surface area (Å²) in [5, 5.41) is 0. The van der Waals surface area contributed by atoms with Gasteiger partial charge in [-0.3, -0.25) is 19.5 Å². The fourth-order valence-corrected chi connectivity index (χ4v) is 3.77. The van der Waals surface area contributed by atoms with E-state index in [1.54, 1.807) is 23.2 Å². The minimum absolute atomic E-state index is 0.0780. The molecule has 4 rings (SSSR count). The fraction of sp³-hybridized carbons (Fsp3) is 0.350. The number of carbonyl (C=O) groups excluding carboxylic acids is 2. The van der Waals surface area contributed by atoms with Crippen molar-refractivity contribution < 1.29 is 9.59 Å². The first-order valence-corrected chi connectivity index (χ1v) is 8.87. The summed E-state index contributed by atoms with van der Waals surface area (Å²) in [6.45, 7) is 1.64. The van der Waals surface area contributed by atoms with Gasteiger partial charge in [0.2, 0.25) is 5.91 Å². The lowest BCUT2D eigenvalue weighted by molar-refractivity contribution is -0.132. The van der Waals surface area contributed by atoms with E-state index >= 15 is 0 Å². The van der Waals surface area contributed by atoms with Gasteiger partial charge in [0.15, 0.2) is 0 Å². The number of hydrogen-bond donors (Lipinski definition) is 0. The van der Waals surface area contributed by atoms with Crippen LogP contribution in [0.1, 0.15) is 47.8 Å². The van der Waals surface area contributed by atoms with Crippen molar-refractivity contribution >= 4 is 17.5 Å². The molecule has 2 amide bonds. The molecule has 0 radical (unpaired) electrons. The number of benzene rings is 1. The van der Waals surface area contributed by atoms with Crippen molar-refractivity contribution in [2.24, 2.45) is 0 Å². The molecule has 1 aromatic carbocycles. The SMILES string of the molecule is O=C(C[C@H]1c2ncccc2C(=O)N1c1ccccc1)N1CCCCC1. The number of rotatable bonds is 3. The van der Waals surface area contributed by atoms with Crippen molar-refractivity contribution in [3.05, 3.63) is 59.9 Å². The van der Waals surface area contributed by atoms with E-state index in [0.717, 1.165) is 31.6 Å². The largest absolute Gasteiger partial charge is 0.343 e. The summed E-state index contributed by atoms with van der Waals surface area (Å²) < 4.78 is 0. The summed E-state index contributed by atoms with van der Waals surface area (Å²) in [4.78, 5) is 33.8. The second-order valence-electron chi connectivity index (χ2n) is 6.61. The lowest BCUT2D eigenvalue weighted by atomic mass is 10.1. The number of hydrogen-bond acceptors (Lipinski definition) is 3. The number of amides is 2. The lowest BCUT2D eigenvalue weighted by Gasteiger charge is -2.30. The van der Waals surface area contributed by atoms with Crippen LogP contribution in [0.4, 0.5) is 5.69 Å². The van der Waals surface area contributed by atoms with E-state index < -0.39 is 0 Å². The molecule has 2 aromatic rings. The van der Waals surface area contributed by atoms with Gasteiger partial charge in [-0.25, -0.2) is 0 Å². The van der Waals surface area contributed by atoms with Gasteiger partial charge in [0.05, 0.1) is 23.7 Å². The number of carbonyl (C=O) groups is 2. The number of anilines is 1. The summed E-state index contributed by atoms with van der Waals surface area (Å²) in [6, 6.07) is 12.8. The number of fused-ring (bicyclic) bond motifs is 1. The van der Waals surface area contributed by atoms with Gasteiger partial charge in [-0.05, 0) is 43.5 Å². The molecule has 0 spiro atoms. The van der Waals surface area contributed by atoms with Crippen molar-refractivity contribution in [1.82, 2.24) is 9.88 Å². The standard InChI is InChI=1S/C20H21N3O2/c24-18(22-12-5-2-6-13-22)14-17-19-16(10-7-11-21-19)20(25)23(17)15-8-3-1-4-9-15/h1,3-4,7-11,17H,2,5-6,12-14H2/t17-/m0/s1. The number of pyridine rings is 1. The zero-order valence-electron chi connectivity index (χ0n) is 14.1. The number of likely N-dealkylation sites (tertiary alicyclic amines) is 1. The monoisotopic (exact) mass is 335 g/mol. The molecule has 5 nitrogen and oxygen atoms in total. The minimum atomic E-state index is -0.333. The predicted octanol–water partition coefficient (Wildman–Crippen LogP) is 3.19. The van der Waals surface area contributed by atoms with Crippen LogP contribution in [0.2, 0.25) is 0 Å². The Bertz CT molecular complexity index is 785. The Morgan fingerprint density at radius 1 is 1.04 bits per heavy atom. The maximum absolute atomic E-state index is 12.9. The average Bonchev–Trinajstić information content (AvgIpc) is 2.95. The molecule has 1 fully saturated rings. The third kappa shape index (κ3) is 2.90. The maximum atomic E-state index is 12.9. The maximum Gasteiger partial charge on any atom is 0.260 e. The molecule has 2 aliphatic rings. The first-order chi connectivity index (χ1) is 12.3. The van der Waals surface area contributed by atoms with E-state index in [0.29, 0.717) is 11.3 Å². The Kier molecular flexibility index (Phi) is 4.22. The van der Waals surface area contributed by atoms with Crippen molar-refractivity contribution in [2.75, 3.05) is 18.0 Å². The highest BCUT2D eigenvalue weighted by Gasteiger charge is 2.40. The molecule has 1 atom stereocenters. The van der Waals surface area contributed by atoms with Gasteiger partial charge in [-0.2, -0.15) is 0 Å². The highest BCUT2D eigenvalue weighted by atomic mass is 16.2. The molecule has 128 valence electrons. The van der Waals surface area contributed by atoms with Crippen LogP contribution in [0.5, 0.6) is 0 Å². The molecule has 5 heteroatoms. The predicted molar refractivity (Wildman–Crippen MR) is 95.3 cm³/mol. The van der Waals surface area contributed by atoms with Gasteiger partial charge >= 0.3 is 0 Å². The molecule has 3 heterocycles. The third-order valence-corrected chi connectivity index (χ3v) is 5.03. The number of para-hydroxylation sites is 1. The number of piperidine rings is 1. The second kappa shape index (κ2) is 6.67. The highest BCUT2D eigenvalue weighted by Crippen LogP contribution is 2.38. The van der Waals surface area contributed by atoms with E-state index in [9.17, 15) is 9.59 Å². The molecule has 0 unspecified atom stereocenters. The molecule has 0 saturated carbocycles. The molecular formula is C20H21N3O2. The zero-order chi connectivity index (χ0) is 17.2. The summed E-state index contributed by atoms with van der Waals surface area (Å²) >= 11 is 0. The molecule has 0 N–H and O–H groups in total. The quantitative estimate of drug-likeness (QED) is 0.865. The molecular weight excluding hydrogens is 314 g/mol. The molecule has 0 bridgehead atoms. The fourth-order valence-electron chi connectivity index (χ4n) is 3.77. The van der Waals surface area contributed by atoms with Gasteiger partial charge in [-0.15, -0.1) is 0 Å². The van der Waals surface area contributed by atoms with Gasteiger partial charge in [0.1, 0.15) is 0 Å². The van der Waals surface area contributed by atoms with Gasteiger partial charge in [0.25, 0.3) is 5.91 Å². The smallest absolute Gasteiger partial charge is 0.260 e. The van der Waals surface area contributed by atoms with Crippen LogP contribution in [0.3, 0.4) is 0 Å². The molecule has 1 aromatic heterocycles. The van der Waals surface area contributed by atoms with Crippen molar-refractivity contribution in [1.29, 1.82) is 0 Å². The molecule has 25 heavy (non-hydrogen) atoms. The van der Waals surface area contributed by atoms with Crippen LogP contribution in [-0.4, -0.2) is 34.8 Å². The van der Waals surface area contributed by atoms with Crippen molar-refractivity contribution in [3.63, 3.8) is 0 Å². The van der Waals surface area contributed by atoms with E-state index in [2.05, 4.69) is 4.98 Å². The molecule has 1 saturated heterocycles. The van der Waals surface area contributed by atoms with Crippen LogP contribution >= 0.6 is 0 Å². The molecule has 0 aliphatic carbocycles. The van der Waals surface area contributed by atoms with E-state index in [1.807, 2.05) is 35.2 Å².